The highest BCUT2D eigenvalue weighted by Crippen LogP contribution is 2.17. The number of hydrogen-bond acceptors (Lipinski definition) is 3. The number of hydrogen-bond donors (Lipinski definition) is 0. The molecule has 0 fully saturated rings. The van der Waals surface area contributed by atoms with Gasteiger partial charge in [0.2, 0.25) is 0 Å². The summed E-state index contributed by atoms with van der Waals surface area (Å²) in [6, 6.07) is 5.38. The second-order valence-corrected chi connectivity index (χ2v) is 3.89. The SMILES string of the molecule is CCN(CC)C(=O)c1ccc2nc(C)oc2c1. The van der Waals surface area contributed by atoms with E-state index in [1.165, 1.54) is 0 Å². The number of rotatable bonds is 3. The number of oxazole rings is 1. The molecule has 4 nitrogen and oxygen atoms in total. The molecular weight excluding hydrogens is 216 g/mol. The molecular formula is C13H16N2O2. The zero-order chi connectivity index (χ0) is 12.4. The van der Waals surface area contributed by atoms with Gasteiger partial charge in [-0.1, -0.05) is 0 Å². The van der Waals surface area contributed by atoms with Gasteiger partial charge in [0.15, 0.2) is 11.5 Å². The van der Waals surface area contributed by atoms with Gasteiger partial charge in [-0.2, -0.15) is 0 Å². The van der Waals surface area contributed by atoms with E-state index in [1.54, 1.807) is 24.0 Å². The molecule has 0 aliphatic rings. The highest BCUT2D eigenvalue weighted by Gasteiger charge is 2.14. The van der Waals surface area contributed by atoms with Crippen LogP contribution in [0.5, 0.6) is 0 Å². The normalized spacial score (nSPS) is 10.8. The third-order valence-corrected chi connectivity index (χ3v) is 2.79. The molecule has 1 heterocycles. The van der Waals surface area contributed by atoms with E-state index >= 15 is 0 Å². The Morgan fingerprint density at radius 2 is 2.06 bits per heavy atom. The topological polar surface area (TPSA) is 46.3 Å². The lowest BCUT2D eigenvalue weighted by Gasteiger charge is -2.18. The molecule has 90 valence electrons. The van der Waals surface area contributed by atoms with Crippen molar-refractivity contribution in [2.45, 2.75) is 20.8 Å². The van der Waals surface area contributed by atoms with E-state index in [-0.39, 0.29) is 5.91 Å². The molecule has 1 aromatic carbocycles. The van der Waals surface area contributed by atoms with Crippen LogP contribution in [0.2, 0.25) is 0 Å². The second-order valence-electron chi connectivity index (χ2n) is 3.89. The molecule has 0 unspecified atom stereocenters. The van der Waals surface area contributed by atoms with Gasteiger partial charge in [-0.25, -0.2) is 4.98 Å². The summed E-state index contributed by atoms with van der Waals surface area (Å²) >= 11 is 0. The zero-order valence-corrected chi connectivity index (χ0v) is 10.4. The first-order chi connectivity index (χ1) is 8.15. The summed E-state index contributed by atoms with van der Waals surface area (Å²) < 4.78 is 5.42. The van der Waals surface area contributed by atoms with Crippen molar-refractivity contribution in [3.05, 3.63) is 29.7 Å². The number of carbonyl (C=O) groups excluding carboxylic acids is 1. The number of carbonyl (C=O) groups is 1. The summed E-state index contributed by atoms with van der Waals surface area (Å²) in [6.45, 7) is 7.16. The standard InChI is InChI=1S/C13H16N2O2/c1-4-15(5-2)13(16)10-6-7-11-12(8-10)17-9(3)14-11/h6-8H,4-5H2,1-3H3. The highest BCUT2D eigenvalue weighted by atomic mass is 16.3. The average Bonchev–Trinajstić information content (AvgIpc) is 2.69. The summed E-state index contributed by atoms with van der Waals surface area (Å²) in [5.41, 5.74) is 2.11. The minimum atomic E-state index is 0.0333. The van der Waals surface area contributed by atoms with Crippen molar-refractivity contribution >= 4 is 17.0 Å². The van der Waals surface area contributed by atoms with Gasteiger partial charge in [-0.3, -0.25) is 4.79 Å². The lowest BCUT2D eigenvalue weighted by Crippen LogP contribution is -2.30. The molecule has 0 spiro atoms. The molecule has 1 aromatic heterocycles. The maximum Gasteiger partial charge on any atom is 0.253 e. The molecule has 0 saturated carbocycles. The first-order valence-corrected chi connectivity index (χ1v) is 5.82. The maximum atomic E-state index is 12.1. The Bertz CT molecular complexity index is 541. The van der Waals surface area contributed by atoms with E-state index in [9.17, 15) is 4.79 Å². The van der Waals surface area contributed by atoms with Gasteiger partial charge in [0.25, 0.3) is 5.91 Å². The summed E-state index contributed by atoms with van der Waals surface area (Å²) in [5.74, 6) is 0.651. The average molecular weight is 232 g/mol. The number of aryl methyl sites for hydroxylation is 1. The van der Waals surface area contributed by atoms with Crippen LogP contribution in [0.3, 0.4) is 0 Å². The van der Waals surface area contributed by atoms with Crippen molar-refractivity contribution in [2.24, 2.45) is 0 Å². The number of benzene rings is 1. The van der Waals surface area contributed by atoms with Crippen molar-refractivity contribution in [1.29, 1.82) is 0 Å². The molecule has 0 N–H and O–H groups in total. The smallest absolute Gasteiger partial charge is 0.253 e. The minimum Gasteiger partial charge on any atom is -0.441 e. The summed E-state index contributed by atoms with van der Waals surface area (Å²) in [4.78, 5) is 18.1. The van der Waals surface area contributed by atoms with Gasteiger partial charge < -0.3 is 9.32 Å². The van der Waals surface area contributed by atoms with Crippen LogP contribution < -0.4 is 0 Å². The maximum absolute atomic E-state index is 12.1. The summed E-state index contributed by atoms with van der Waals surface area (Å²) in [6.07, 6.45) is 0. The van der Waals surface area contributed by atoms with Gasteiger partial charge in [0.05, 0.1) is 0 Å². The molecule has 0 saturated heterocycles. The minimum absolute atomic E-state index is 0.0333. The van der Waals surface area contributed by atoms with Crippen molar-refractivity contribution in [3.8, 4) is 0 Å². The molecule has 0 aliphatic carbocycles. The first kappa shape index (κ1) is 11.6. The zero-order valence-electron chi connectivity index (χ0n) is 10.4. The van der Waals surface area contributed by atoms with E-state index in [0.29, 0.717) is 30.1 Å². The van der Waals surface area contributed by atoms with Gasteiger partial charge in [0, 0.05) is 25.6 Å². The third-order valence-electron chi connectivity index (χ3n) is 2.79. The molecule has 0 bridgehead atoms. The lowest BCUT2D eigenvalue weighted by molar-refractivity contribution is 0.0773. The molecule has 0 radical (unpaired) electrons. The number of nitrogens with zero attached hydrogens (tertiary/aromatic N) is 2. The summed E-state index contributed by atoms with van der Waals surface area (Å²) in [5, 5.41) is 0. The monoisotopic (exact) mass is 232 g/mol. The van der Waals surface area contributed by atoms with Gasteiger partial charge in [-0.05, 0) is 32.0 Å². The predicted molar refractivity (Wildman–Crippen MR) is 66.0 cm³/mol. The first-order valence-electron chi connectivity index (χ1n) is 5.82. The lowest BCUT2D eigenvalue weighted by atomic mass is 10.2. The van der Waals surface area contributed by atoms with Crippen molar-refractivity contribution in [1.82, 2.24) is 9.88 Å². The van der Waals surface area contributed by atoms with Crippen molar-refractivity contribution in [2.75, 3.05) is 13.1 Å². The Kier molecular flexibility index (Phi) is 3.13. The van der Waals surface area contributed by atoms with E-state index in [4.69, 9.17) is 4.42 Å². The van der Waals surface area contributed by atoms with Gasteiger partial charge >= 0.3 is 0 Å². The Morgan fingerprint density at radius 1 is 1.35 bits per heavy atom. The Balaban J connectivity index is 2.38. The van der Waals surface area contributed by atoms with Crippen molar-refractivity contribution < 1.29 is 9.21 Å². The van der Waals surface area contributed by atoms with E-state index in [2.05, 4.69) is 4.98 Å². The van der Waals surface area contributed by atoms with Crippen LogP contribution in [-0.2, 0) is 0 Å². The van der Waals surface area contributed by atoms with Crippen LogP contribution in [0.25, 0.3) is 11.1 Å². The second kappa shape index (κ2) is 4.57. The molecule has 17 heavy (non-hydrogen) atoms. The molecule has 4 heteroatoms. The fraction of sp³-hybridized carbons (Fsp3) is 0.385. The van der Waals surface area contributed by atoms with Crippen LogP contribution in [0.4, 0.5) is 0 Å². The number of fused-ring (bicyclic) bond motifs is 1. The molecule has 0 aliphatic heterocycles. The van der Waals surface area contributed by atoms with Crippen LogP contribution in [0.1, 0.15) is 30.1 Å². The van der Waals surface area contributed by atoms with Crippen LogP contribution in [0.15, 0.2) is 22.6 Å². The summed E-state index contributed by atoms with van der Waals surface area (Å²) in [7, 11) is 0. The number of aromatic nitrogens is 1. The Labute approximate surface area is 100 Å². The Morgan fingerprint density at radius 3 is 2.71 bits per heavy atom. The fourth-order valence-corrected chi connectivity index (χ4v) is 1.87. The predicted octanol–water partition coefficient (Wildman–Crippen LogP) is 2.62. The van der Waals surface area contributed by atoms with Crippen LogP contribution >= 0.6 is 0 Å². The molecule has 2 rings (SSSR count). The molecule has 0 atom stereocenters. The van der Waals surface area contributed by atoms with Gasteiger partial charge in [0.1, 0.15) is 5.52 Å². The van der Waals surface area contributed by atoms with E-state index in [0.717, 1.165) is 5.52 Å². The quantitative estimate of drug-likeness (QED) is 0.817. The van der Waals surface area contributed by atoms with Crippen molar-refractivity contribution in [3.63, 3.8) is 0 Å². The third kappa shape index (κ3) is 2.16. The van der Waals surface area contributed by atoms with Crippen LogP contribution in [0, 0.1) is 6.92 Å². The molecule has 2 aromatic rings. The van der Waals surface area contributed by atoms with Gasteiger partial charge in [-0.15, -0.1) is 0 Å². The van der Waals surface area contributed by atoms with E-state index in [1.807, 2.05) is 19.9 Å². The largest absolute Gasteiger partial charge is 0.441 e. The Hall–Kier alpha value is -1.84. The van der Waals surface area contributed by atoms with Crippen LogP contribution in [-0.4, -0.2) is 28.9 Å². The molecule has 1 amide bonds. The fourth-order valence-electron chi connectivity index (χ4n) is 1.87. The number of amides is 1. The highest BCUT2D eigenvalue weighted by molar-refractivity contribution is 5.97. The van der Waals surface area contributed by atoms with E-state index < -0.39 is 0 Å².